The van der Waals surface area contributed by atoms with Gasteiger partial charge in [-0.15, -0.1) is 0 Å². The molecule has 2 aromatic heterocycles. The molecule has 1 amide bonds. The number of aromatic nitrogens is 1. The number of hydrogen-bond acceptors (Lipinski definition) is 4. The van der Waals surface area contributed by atoms with Gasteiger partial charge in [0.1, 0.15) is 5.82 Å². The molecule has 0 spiro atoms. The zero-order valence-electron chi connectivity index (χ0n) is 11.1. The van der Waals surface area contributed by atoms with E-state index in [9.17, 15) is 18.0 Å². The summed E-state index contributed by atoms with van der Waals surface area (Å²) in [5.74, 6) is -0.106. The number of nitrogens with zero attached hydrogens (tertiary/aromatic N) is 1. The van der Waals surface area contributed by atoms with E-state index in [2.05, 4.69) is 15.6 Å². The molecule has 2 rings (SSSR count). The zero-order chi connectivity index (χ0) is 16.2. The second-order valence-electron chi connectivity index (χ2n) is 4.21. The number of rotatable bonds is 5. The van der Waals surface area contributed by atoms with E-state index in [1.807, 2.05) is 0 Å². The monoisotopic (exact) mass is 333 g/mol. The van der Waals surface area contributed by atoms with E-state index in [1.165, 1.54) is 12.3 Å². The highest BCUT2D eigenvalue weighted by atomic mass is 35.5. The molecule has 2 heterocycles. The maximum atomic E-state index is 12.5. The highest BCUT2D eigenvalue weighted by molar-refractivity contribution is 6.32. The summed E-state index contributed by atoms with van der Waals surface area (Å²) in [7, 11) is 0. The second-order valence-corrected chi connectivity index (χ2v) is 4.62. The van der Waals surface area contributed by atoms with Crippen LogP contribution in [0.3, 0.4) is 0 Å². The number of halogens is 4. The van der Waals surface area contributed by atoms with Crippen LogP contribution in [0.5, 0.6) is 0 Å². The van der Waals surface area contributed by atoms with Crippen LogP contribution in [-0.2, 0) is 6.18 Å². The maximum absolute atomic E-state index is 12.5. The minimum Gasteiger partial charge on any atom is -0.459 e. The number of pyridine rings is 1. The fourth-order valence-corrected chi connectivity index (χ4v) is 1.81. The molecule has 22 heavy (non-hydrogen) atoms. The summed E-state index contributed by atoms with van der Waals surface area (Å²) in [5.41, 5.74) is -0.922. The Labute approximate surface area is 128 Å². The first-order valence-corrected chi connectivity index (χ1v) is 6.54. The molecule has 0 aromatic carbocycles. The van der Waals surface area contributed by atoms with Crippen molar-refractivity contribution in [3.8, 4) is 0 Å². The summed E-state index contributed by atoms with van der Waals surface area (Å²) in [6, 6.07) is 3.88. The van der Waals surface area contributed by atoms with Crippen molar-refractivity contribution >= 4 is 23.3 Å². The van der Waals surface area contributed by atoms with Crippen molar-refractivity contribution in [3.05, 3.63) is 47.0 Å². The quantitative estimate of drug-likeness (QED) is 0.825. The predicted octanol–water partition coefficient (Wildman–Crippen LogP) is 3.19. The van der Waals surface area contributed by atoms with Gasteiger partial charge in [-0.3, -0.25) is 4.79 Å². The number of hydrogen-bond donors (Lipinski definition) is 2. The third kappa shape index (κ3) is 4.14. The minimum absolute atomic E-state index is 0.113. The van der Waals surface area contributed by atoms with Crippen molar-refractivity contribution in [2.75, 3.05) is 18.4 Å². The fourth-order valence-electron chi connectivity index (χ4n) is 1.57. The van der Waals surface area contributed by atoms with Gasteiger partial charge in [0.05, 0.1) is 16.8 Å². The molecule has 118 valence electrons. The maximum Gasteiger partial charge on any atom is 0.417 e. The first-order chi connectivity index (χ1) is 10.4. The lowest BCUT2D eigenvalue weighted by Gasteiger charge is -2.11. The Morgan fingerprint density at radius 3 is 2.73 bits per heavy atom. The van der Waals surface area contributed by atoms with Crippen LogP contribution in [0.25, 0.3) is 0 Å². The van der Waals surface area contributed by atoms with Crippen LogP contribution in [0, 0.1) is 0 Å². The standard InChI is InChI=1S/C13H11ClF3N3O2/c14-9-6-8(13(15,16)17)7-20-11(9)18-3-4-19-12(21)10-2-1-5-22-10/h1-2,5-7H,3-4H2,(H,18,20)(H,19,21). The van der Waals surface area contributed by atoms with Gasteiger partial charge in [-0.05, 0) is 18.2 Å². The van der Waals surface area contributed by atoms with Crippen molar-refractivity contribution < 1.29 is 22.4 Å². The molecule has 0 bridgehead atoms. The lowest BCUT2D eigenvalue weighted by atomic mass is 10.3. The van der Waals surface area contributed by atoms with Gasteiger partial charge in [-0.25, -0.2) is 4.98 Å². The molecule has 0 saturated heterocycles. The van der Waals surface area contributed by atoms with E-state index in [4.69, 9.17) is 16.0 Å². The van der Waals surface area contributed by atoms with Crippen molar-refractivity contribution in [1.82, 2.24) is 10.3 Å². The van der Waals surface area contributed by atoms with Crippen molar-refractivity contribution in [2.24, 2.45) is 0 Å². The third-order valence-electron chi connectivity index (χ3n) is 2.62. The largest absolute Gasteiger partial charge is 0.459 e. The molecule has 0 radical (unpaired) electrons. The Balaban J connectivity index is 1.83. The van der Waals surface area contributed by atoms with Crippen molar-refractivity contribution in [2.45, 2.75) is 6.18 Å². The molecule has 5 nitrogen and oxygen atoms in total. The number of anilines is 1. The molecule has 9 heteroatoms. The molecular weight excluding hydrogens is 323 g/mol. The Hall–Kier alpha value is -2.22. The molecule has 0 aliphatic heterocycles. The van der Waals surface area contributed by atoms with Gasteiger partial charge in [0.15, 0.2) is 5.76 Å². The van der Waals surface area contributed by atoms with E-state index in [-0.39, 0.29) is 29.7 Å². The normalized spacial score (nSPS) is 11.3. The van der Waals surface area contributed by atoms with Gasteiger partial charge in [0, 0.05) is 19.3 Å². The molecule has 0 unspecified atom stereocenters. The van der Waals surface area contributed by atoms with Gasteiger partial charge < -0.3 is 15.1 Å². The number of alkyl halides is 3. The van der Waals surface area contributed by atoms with Gasteiger partial charge in [-0.1, -0.05) is 11.6 Å². The predicted molar refractivity (Wildman–Crippen MR) is 73.8 cm³/mol. The van der Waals surface area contributed by atoms with Gasteiger partial charge in [0.2, 0.25) is 0 Å². The summed E-state index contributed by atoms with van der Waals surface area (Å²) in [5, 5.41) is 5.15. The van der Waals surface area contributed by atoms with E-state index in [0.29, 0.717) is 6.20 Å². The summed E-state index contributed by atoms with van der Waals surface area (Å²) in [6.45, 7) is 0.461. The van der Waals surface area contributed by atoms with Crippen LogP contribution in [0.15, 0.2) is 35.1 Å². The van der Waals surface area contributed by atoms with Crippen LogP contribution < -0.4 is 10.6 Å². The van der Waals surface area contributed by atoms with Gasteiger partial charge in [0.25, 0.3) is 5.91 Å². The highest BCUT2D eigenvalue weighted by Gasteiger charge is 2.31. The van der Waals surface area contributed by atoms with Crippen LogP contribution in [0.1, 0.15) is 16.1 Å². The SMILES string of the molecule is O=C(NCCNc1ncc(C(F)(F)F)cc1Cl)c1ccco1. The van der Waals surface area contributed by atoms with E-state index in [1.54, 1.807) is 6.07 Å². The lowest BCUT2D eigenvalue weighted by molar-refractivity contribution is -0.137. The average Bonchev–Trinajstić information content (AvgIpc) is 2.97. The van der Waals surface area contributed by atoms with Crippen LogP contribution in [-0.4, -0.2) is 24.0 Å². The first-order valence-electron chi connectivity index (χ1n) is 6.16. The van der Waals surface area contributed by atoms with Crippen LogP contribution in [0.4, 0.5) is 19.0 Å². The van der Waals surface area contributed by atoms with Crippen LogP contribution in [0.2, 0.25) is 5.02 Å². The average molecular weight is 334 g/mol. The molecular formula is C13H11ClF3N3O2. The van der Waals surface area contributed by atoms with Gasteiger partial charge >= 0.3 is 6.18 Å². The smallest absolute Gasteiger partial charge is 0.417 e. The molecule has 0 fully saturated rings. The number of furan rings is 1. The first kappa shape index (κ1) is 16.2. The molecule has 0 atom stereocenters. The Morgan fingerprint density at radius 2 is 2.14 bits per heavy atom. The number of amides is 1. The molecule has 2 N–H and O–H groups in total. The second kappa shape index (κ2) is 6.69. The number of carbonyl (C=O) groups excluding carboxylic acids is 1. The summed E-state index contributed by atoms with van der Waals surface area (Å²) in [4.78, 5) is 15.2. The Bertz CT molecular complexity index is 644. The highest BCUT2D eigenvalue weighted by Crippen LogP contribution is 2.32. The number of carbonyl (C=O) groups is 1. The van der Waals surface area contributed by atoms with Gasteiger partial charge in [-0.2, -0.15) is 13.2 Å². The summed E-state index contributed by atoms with van der Waals surface area (Å²) in [6.07, 6.45) is -2.43. The van der Waals surface area contributed by atoms with Crippen LogP contribution >= 0.6 is 11.6 Å². The molecule has 0 aliphatic carbocycles. The summed E-state index contributed by atoms with van der Waals surface area (Å²) >= 11 is 5.73. The Morgan fingerprint density at radius 1 is 1.36 bits per heavy atom. The van der Waals surface area contributed by atoms with Crippen molar-refractivity contribution in [1.29, 1.82) is 0 Å². The van der Waals surface area contributed by atoms with E-state index < -0.39 is 17.6 Å². The lowest BCUT2D eigenvalue weighted by Crippen LogP contribution is -2.28. The Kier molecular flexibility index (Phi) is 4.92. The molecule has 2 aromatic rings. The zero-order valence-corrected chi connectivity index (χ0v) is 11.8. The summed E-state index contributed by atoms with van der Waals surface area (Å²) < 4.78 is 42.3. The van der Waals surface area contributed by atoms with E-state index >= 15 is 0 Å². The third-order valence-corrected chi connectivity index (χ3v) is 2.90. The minimum atomic E-state index is -4.49. The molecule has 0 aliphatic rings. The number of nitrogens with one attached hydrogen (secondary N) is 2. The topological polar surface area (TPSA) is 67.2 Å². The van der Waals surface area contributed by atoms with Crippen molar-refractivity contribution in [3.63, 3.8) is 0 Å². The fraction of sp³-hybridized carbons (Fsp3) is 0.231. The van der Waals surface area contributed by atoms with E-state index in [0.717, 1.165) is 6.07 Å². The molecule has 0 saturated carbocycles.